The lowest BCUT2D eigenvalue weighted by Crippen LogP contribution is -2.36. The Morgan fingerprint density at radius 1 is 1.06 bits per heavy atom. The van der Waals surface area contributed by atoms with Crippen molar-refractivity contribution in [2.24, 2.45) is 11.8 Å². The first-order valence-electron chi connectivity index (χ1n) is 10.8. The third-order valence-electron chi connectivity index (χ3n) is 6.23. The van der Waals surface area contributed by atoms with Gasteiger partial charge in [-0.25, -0.2) is 0 Å². The Labute approximate surface area is 185 Å². The molecular weight excluding hydrogens is 392 g/mol. The van der Waals surface area contributed by atoms with E-state index in [0.29, 0.717) is 22.8 Å². The summed E-state index contributed by atoms with van der Waals surface area (Å²) in [6.07, 6.45) is 3.56. The maximum Gasteiger partial charge on any atom is 0.255 e. The summed E-state index contributed by atoms with van der Waals surface area (Å²) in [4.78, 5) is 15.2. The summed E-state index contributed by atoms with van der Waals surface area (Å²) in [5, 5.41) is 2.95. The van der Waals surface area contributed by atoms with Gasteiger partial charge in [-0.15, -0.1) is 0 Å². The maximum atomic E-state index is 12.8. The molecule has 3 rings (SSSR count). The molecule has 31 heavy (non-hydrogen) atoms. The first-order valence-corrected chi connectivity index (χ1v) is 10.8. The standard InChI is InChI=1S/C25H34N2O4/c1-17-16-27(2)13-12-19(17)9-6-18-7-10-21(11-8-18)26-25(28)20-14-22(29-3)24(31-5)23(15-20)30-4/h7-8,10-11,14-15,17,19H,6,9,12-13,16H2,1-5H3,(H,26,28)/t17-,19+/m0/s1. The number of nitrogens with one attached hydrogen (secondary N) is 1. The highest BCUT2D eigenvalue weighted by Gasteiger charge is 2.23. The Bertz CT molecular complexity index is 857. The quantitative estimate of drug-likeness (QED) is 0.674. The normalized spacial score (nSPS) is 19.0. The second kappa shape index (κ2) is 10.5. The monoisotopic (exact) mass is 426 g/mol. The number of anilines is 1. The molecule has 1 N–H and O–H groups in total. The van der Waals surface area contributed by atoms with E-state index in [1.54, 1.807) is 12.1 Å². The summed E-state index contributed by atoms with van der Waals surface area (Å²) in [7, 11) is 6.81. The van der Waals surface area contributed by atoms with Crippen LogP contribution < -0.4 is 19.5 Å². The van der Waals surface area contributed by atoms with Crippen LogP contribution in [-0.4, -0.2) is 52.3 Å². The maximum absolute atomic E-state index is 12.8. The summed E-state index contributed by atoms with van der Waals surface area (Å²) in [5.41, 5.74) is 2.50. The molecule has 0 saturated carbocycles. The van der Waals surface area contributed by atoms with Crippen LogP contribution in [0.3, 0.4) is 0 Å². The third-order valence-corrected chi connectivity index (χ3v) is 6.23. The van der Waals surface area contributed by atoms with Gasteiger partial charge in [-0.1, -0.05) is 19.1 Å². The summed E-state index contributed by atoms with van der Waals surface area (Å²) in [5.74, 6) is 2.67. The number of rotatable bonds is 8. The van der Waals surface area contributed by atoms with Crippen LogP contribution in [0.4, 0.5) is 5.69 Å². The van der Waals surface area contributed by atoms with Crippen LogP contribution in [0.25, 0.3) is 0 Å². The van der Waals surface area contributed by atoms with E-state index in [1.165, 1.54) is 52.8 Å². The van der Waals surface area contributed by atoms with E-state index in [1.807, 2.05) is 12.1 Å². The molecule has 2 aromatic rings. The van der Waals surface area contributed by atoms with Crippen molar-refractivity contribution in [1.82, 2.24) is 4.90 Å². The lowest BCUT2D eigenvalue weighted by atomic mass is 9.83. The van der Waals surface area contributed by atoms with Crippen molar-refractivity contribution < 1.29 is 19.0 Å². The first-order chi connectivity index (χ1) is 14.9. The summed E-state index contributed by atoms with van der Waals surface area (Å²) < 4.78 is 16.0. The smallest absolute Gasteiger partial charge is 0.255 e. The molecule has 1 amide bonds. The summed E-state index contributed by atoms with van der Waals surface area (Å²) in [6.45, 7) is 4.75. The highest BCUT2D eigenvalue weighted by atomic mass is 16.5. The number of amides is 1. The van der Waals surface area contributed by atoms with Gasteiger partial charge in [-0.2, -0.15) is 0 Å². The van der Waals surface area contributed by atoms with Crippen LogP contribution in [0.5, 0.6) is 17.2 Å². The molecule has 1 aliphatic heterocycles. The van der Waals surface area contributed by atoms with E-state index >= 15 is 0 Å². The van der Waals surface area contributed by atoms with Gasteiger partial charge in [0.25, 0.3) is 5.91 Å². The highest BCUT2D eigenvalue weighted by Crippen LogP contribution is 2.38. The minimum Gasteiger partial charge on any atom is -0.493 e. The van der Waals surface area contributed by atoms with Gasteiger partial charge in [0, 0.05) is 17.8 Å². The lowest BCUT2D eigenvalue weighted by molar-refractivity contribution is 0.102. The predicted molar refractivity (Wildman–Crippen MR) is 124 cm³/mol. The zero-order valence-corrected chi connectivity index (χ0v) is 19.2. The number of aryl methyl sites for hydroxylation is 1. The van der Waals surface area contributed by atoms with Gasteiger partial charge in [0.1, 0.15) is 0 Å². The number of benzene rings is 2. The van der Waals surface area contributed by atoms with E-state index < -0.39 is 0 Å². The van der Waals surface area contributed by atoms with E-state index in [0.717, 1.165) is 23.9 Å². The van der Waals surface area contributed by atoms with E-state index in [2.05, 4.69) is 36.3 Å². The largest absolute Gasteiger partial charge is 0.493 e. The molecule has 0 aliphatic carbocycles. The fraction of sp³-hybridized carbons (Fsp3) is 0.480. The Hall–Kier alpha value is -2.73. The average molecular weight is 427 g/mol. The van der Waals surface area contributed by atoms with Crippen molar-refractivity contribution in [3.05, 3.63) is 47.5 Å². The van der Waals surface area contributed by atoms with Crippen molar-refractivity contribution in [2.45, 2.75) is 26.2 Å². The van der Waals surface area contributed by atoms with E-state index in [4.69, 9.17) is 14.2 Å². The SMILES string of the molecule is COc1cc(C(=O)Nc2ccc(CC[C@@H]3CCN(C)C[C@@H]3C)cc2)cc(OC)c1OC. The van der Waals surface area contributed by atoms with Gasteiger partial charge in [-0.3, -0.25) is 4.79 Å². The number of ether oxygens (including phenoxy) is 3. The molecule has 2 aromatic carbocycles. The second-order valence-electron chi connectivity index (χ2n) is 8.39. The summed E-state index contributed by atoms with van der Waals surface area (Å²) in [6, 6.07) is 11.4. The zero-order chi connectivity index (χ0) is 22.4. The van der Waals surface area contributed by atoms with Crippen LogP contribution in [-0.2, 0) is 6.42 Å². The molecule has 0 aromatic heterocycles. The molecule has 1 heterocycles. The molecule has 1 aliphatic rings. The van der Waals surface area contributed by atoms with Gasteiger partial charge in [0.05, 0.1) is 21.3 Å². The van der Waals surface area contributed by atoms with Crippen LogP contribution >= 0.6 is 0 Å². The molecule has 0 bridgehead atoms. The number of hydrogen-bond acceptors (Lipinski definition) is 5. The predicted octanol–water partition coefficient (Wildman–Crippen LogP) is 4.49. The molecule has 6 heteroatoms. The fourth-order valence-electron chi connectivity index (χ4n) is 4.35. The Morgan fingerprint density at radius 2 is 1.71 bits per heavy atom. The number of piperidine rings is 1. The highest BCUT2D eigenvalue weighted by molar-refractivity contribution is 6.05. The molecule has 1 saturated heterocycles. The van der Waals surface area contributed by atoms with Crippen LogP contribution in [0.15, 0.2) is 36.4 Å². The molecular formula is C25H34N2O4. The van der Waals surface area contributed by atoms with E-state index in [9.17, 15) is 4.79 Å². The van der Waals surface area contributed by atoms with Crippen LogP contribution in [0, 0.1) is 11.8 Å². The van der Waals surface area contributed by atoms with Crippen molar-refractivity contribution in [3.8, 4) is 17.2 Å². The van der Waals surface area contributed by atoms with Crippen LogP contribution in [0.2, 0.25) is 0 Å². The summed E-state index contributed by atoms with van der Waals surface area (Å²) >= 11 is 0. The zero-order valence-electron chi connectivity index (χ0n) is 19.2. The molecule has 0 radical (unpaired) electrons. The average Bonchev–Trinajstić information content (AvgIpc) is 2.78. The topological polar surface area (TPSA) is 60.0 Å². The van der Waals surface area contributed by atoms with Crippen molar-refractivity contribution in [2.75, 3.05) is 46.8 Å². The van der Waals surface area contributed by atoms with Gasteiger partial charge in [-0.05, 0) is 74.5 Å². The van der Waals surface area contributed by atoms with Gasteiger partial charge >= 0.3 is 0 Å². The third kappa shape index (κ3) is 5.70. The Morgan fingerprint density at radius 3 is 2.26 bits per heavy atom. The molecule has 6 nitrogen and oxygen atoms in total. The number of carbonyl (C=O) groups is 1. The first kappa shape index (κ1) is 22.9. The fourth-order valence-corrected chi connectivity index (χ4v) is 4.35. The number of hydrogen-bond donors (Lipinski definition) is 1. The number of nitrogens with zero attached hydrogens (tertiary/aromatic N) is 1. The molecule has 1 fully saturated rings. The number of methoxy groups -OCH3 is 3. The van der Waals surface area contributed by atoms with E-state index in [-0.39, 0.29) is 5.91 Å². The van der Waals surface area contributed by atoms with Gasteiger partial charge in [0.2, 0.25) is 5.75 Å². The van der Waals surface area contributed by atoms with Crippen molar-refractivity contribution in [3.63, 3.8) is 0 Å². The Balaban J connectivity index is 1.61. The van der Waals surface area contributed by atoms with Crippen molar-refractivity contribution >= 4 is 11.6 Å². The lowest BCUT2D eigenvalue weighted by Gasteiger charge is -2.34. The van der Waals surface area contributed by atoms with Gasteiger partial charge < -0.3 is 24.4 Å². The molecule has 168 valence electrons. The second-order valence-corrected chi connectivity index (χ2v) is 8.39. The molecule has 0 unspecified atom stereocenters. The molecule has 0 spiro atoms. The minimum atomic E-state index is -0.229. The van der Waals surface area contributed by atoms with Crippen molar-refractivity contribution in [1.29, 1.82) is 0 Å². The molecule has 2 atom stereocenters. The number of likely N-dealkylation sites (tertiary alicyclic amines) is 1. The van der Waals surface area contributed by atoms with Crippen LogP contribution in [0.1, 0.15) is 35.7 Å². The Kier molecular flexibility index (Phi) is 7.80. The minimum absolute atomic E-state index is 0.229. The number of carbonyl (C=O) groups excluding carboxylic acids is 1. The van der Waals surface area contributed by atoms with Gasteiger partial charge in [0.15, 0.2) is 11.5 Å².